The zero-order valence-electron chi connectivity index (χ0n) is 11.6. The van der Waals surface area contributed by atoms with Crippen molar-refractivity contribution in [1.82, 2.24) is 5.43 Å². The molecule has 0 spiro atoms. The normalized spacial score (nSPS) is 23.3. The molecule has 1 amide bonds. The summed E-state index contributed by atoms with van der Waals surface area (Å²) in [7, 11) is 0. The van der Waals surface area contributed by atoms with Crippen LogP contribution in [0.15, 0.2) is 6.07 Å². The maximum atomic E-state index is 11.5. The Bertz CT molecular complexity index is 445. The third kappa shape index (κ3) is 3.55. The summed E-state index contributed by atoms with van der Waals surface area (Å²) in [5.41, 5.74) is 3.26. The molecule has 19 heavy (non-hydrogen) atoms. The second-order valence-corrected chi connectivity index (χ2v) is 6.53. The molecule has 4 nitrogen and oxygen atoms in total. The summed E-state index contributed by atoms with van der Waals surface area (Å²) in [6.45, 7) is 4.87. The van der Waals surface area contributed by atoms with Crippen LogP contribution >= 0.6 is 11.3 Å². The molecule has 1 aliphatic carbocycles. The van der Waals surface area contributed by atoms with Gasteiger partial charge in [-0.15, -0.1) is 11.3 Å². The highest BCUT2D eigenvalue weighted by Gasteiger charge is 2.22. The summed E-state index contributed by atoms with van der Waals surface area (Å²) in [6, 6.07) is 1.88. The lowest BCUT2D eigenvalue weighted by Crippen LogP contribution is -2.29. The molecule has 0 radical (unpaired) electrons. The zero-order chi connectivity index (χ0) is 13.8. The first-order chi connectivity index (χ1) is 9.11. The monoisotopic (exact) mass is 282 g/mol. The van der Waals surface area contributed by atoms with Crippen LogP contribution in [0.5, 0.6) is 0 Å². The maximum Gasteiger partial charge on any atom is 0.275 e. The van der Waals surface area contributed by atoms with Crippen LogP contribution in [0.3, 0.4) is 0 Å². The number of rotatable bonds is 4. The van der Waals surface area contributed by atoms with Crippen molar-refractivity contribution in [3.8, 4) is 0 Å². The lowest BCUT2D eigenvalue weighted by atomic mass is 9.88. The van der Waals surface area contributed by atoms with E-state index in [2.05, 4.69) is 12.3 Å². The van der Waals surface area contributed by atoms with E-state index in [0.29, 0.717) is 23.5 Å². The van der Waals surface area contributed by atoms with Gasteiger partial charge in [-0.3, -0.25) is 10.2 Å². The molecule has 1 heterocycles. The first kappa shape index (κ1) is 14.5. The SMILES string of the molecule is Cc1sc(C(=O)NN)cc1COC1CCCCC1C. The second kappa shape index (κ2) is 6.50. The third-order valence-corrected chi connectivity index (χ3v) is 4.95. The predicted molar refractivity (Wildman–Crippen MR) is 76.9 cm³/mol. The van der Waals surface area contributed by atoms with Crippen LogP contribution in [0, 0.1) is 12.8 Å². The lowest BCUT2D eigenvalue weighted by Gasteiger charge is -2.28. The number of amides is 1. The number of nitrogens with two attached hydrogens (primary N) is 1. The molecule has 1 aliphatic rings. The van der Waals surface area contributed by atoms with Gasteiger partial charge in [-0.25, -0.2) is 5.84 Å². The number of carbonyl (C=O) groups is 1. The molecular weight excluding hydrogens is 260 g/mol. The second-order valence-electron chi connectivity index (χ2n) is 5.28. The van der Waals surface area contributed by atoms with Crippen molar-refractivity contribution in [2.45, 2.75) is 52.2 Å². The van der Waals surface area contributed by atoms with E-state index in [9.17, 15) is 4.79 Å². The van der Waals surface area contributed by atoms with Crippen molar-refractivity contribution in [1.29, 1.82) is 0 Å². The van der Waals surface area contributed by atoms with E-state index in [1.807, 2.05) is 13.0 Å². The highest BCUT2D eigenvalue weighted by atomic mass is 32.1. The molecule has 1 aromatic rings. The summed E-state index contributed by atoms with van der Waals surface area (Å²) in [5, 5.41) is 0. The number of aryl methyl sites for hydroxylation is 1. The Kier molecular flexibility index (Phi) is 4.96. The van der Waals surface area contributed by atoms with Crippen LogP contribution in [0.4, 0.5) is 0 Å². The average Bonchev–Trinajstić information content (AvgIpc) is 2.78. The number of nitrogens with one attached hydrogen (secondary N) is 1. The number of hydrogen-bond acceptors (Lipinski definition) is 4. The summed E-state index contributed by atoms with van der Waals surface area (Å²) in [5.74, 6) is 5.56. The van der Waals surface area contributed by atoms with Crippen LogP contribution in [0.2, 0.25) is 0 Å². The van der Waals surface area contributed by atoms with Gasteiger partial charge in [-0.1, -0.05) is 19.8 Å². The van der Waals surface area contributed by atoms with Crippen LogP contribution in [-0.4, -0.2) is 12.0 Å². The van der Waals surface area contributed by atoms with E-state index >= 15 is 0 Å². The molecule has 3 N–H and O–H groups in total. The van der Waals surface area contributed by atoms with Gasteiger partial charge in [0.1, 0.15) is 0 Å². The minimum Gasteiger partial charge on any atom is -0.373 e. The highest BCUT2D eigenvalue weighted by Crippen LogP contribution is 2.28. The zero-order valence-corrected chi connectivity index (χ0v) is 12.4. The summed E-state index contributed by atoms with van der Waals surface area (Å²) >= 11 is 1.46. The van der Waals surface area contributed by atoms with E-state index in [0.717, 1.165) is 16.9 Å². The van der Waals surface area contributed by atoms with Gasteiger partial charge in [0.15, 0.2) is 0 Å². The molecule has 0 saturated heterocycles. The molecule has 1 saturated carbocycles. The fourth-order valence-electron chi connectivity index (χ4n) is 2.57. The van der Waals surface area contributed by atoms with Crippen LogP contribution in [0.25, 0.3) is 0 Å². The topological polar surface area (TPSA) is 64.4 Å². The van der Waals surface area contributed by atoms with Gasteiger partial charge < -0.3 is 4.74 Å². The number of hydrazine groups is 1. The number of hydrogen-bond donors (Lipinski definition) is 2. The summed E-state index contributed by atoms with van der Waals surface area (Å²) in [4.78, 5) is 13.2. The van der Waals surface area contributed by atoms with Crippen molar-refractivity contribution in [2.24, 2.45) is 11.8 Å². The number of thiophene rings is 1. The number of nitrogen functional groups attached to an aromatic ring is 1. The average molecular weight is 282 g/mol. The van der Waals surface area contributed by atoms with Gasteiger partial charge in [0, 0.05) is 4.88 Å². The summed E-state index contributed by atoms with van der Waals surface area (Å²) < 4.78 is 6.03. The van der Waals surface area contributed by atoms with Crippen molar-refractivity contribution in [3.05, 3.63) is 21.4 Å². The fraction of sp³-hybridized carbons (Fsp3) is 0.643. The fourth-order valence-corrected chi connectivity index (χ4v) is 3.50. The van der Waals surface area contributed by atoms with Gasteiger partial charge in [-0.2, -0.15) is 0 Å². The van der Waals surface area contributed by atoms with Crippen LogP contribution < -0.4 is 11.3 Å². The Labute approximate surface area is 118 Å². The van der Waals surface area contributed by atoms with Gasteiger partial charge in [0.25, 0.3) is 5.91 Å². The molecule has 106 valence electrons. The first-order valence-corrected chi connectivity index (χ1v) is 7.65. The molecular formula is C14H22N2O2S. The van der Waals surface area contributed by atoms with Crippen molar-refractivity contribution >= 4 is 17.2 Å². The first-order valence-electron chi connectivity index (χ1n) is 6.83. The quantitative estimate of drug-likeness (QED) is 0.507. The standard InChI is InChI=1S/C14H22N2O2S/c1-9-5-3-4-6-12(9)18-8-11-7-13(14(17)16-15)19-10(11)2/h7,9,12H,3-6,8,15H2,1-2H3,(H,16,17). The van der Waals surface area contributed by atoms with E-state index in [1.165, 1.54) is 30.6 Å². The van der Waals surface area contributed by atoms with Gasteiger partial charge >= 0.3 is 0 Å². The Morgan fingerprint density at radius 1 is 1.53 bits per heavy atom. The van der Waals surface area contributed by atoms with Crippen molar-refractivity contribution < 1.29 is 9.53 Å². The molecule has 5 heteroatoms. The minimum atomic E-state index is -0.231. The van der Waals surface area contributed by atoms with Gasteiger partial charge in [-0.05, 0) is 37.3 Å². The summed E-state index contributed by atoms with van der Waals surface area (Å²) in [6.07, 6.45) is 5.35. The molecule has 1 fully saturated rings. The Morgan fingerprint density at radius 3 is 2.95 bits per heavy atom. The van der Waals surface area contributed by atoms with E-state index in [-0.39, 0.29) is 5.91 Å². The maximum absolute atomic E-state index is 11.5. The van der Waals surface area contributed by atoms with E-state index in [1.54, 1.807) is 0 Å². The van der Waals surface area contributed by atoms with Crippen LogP contribution in [0.1, 0.15) is 52.7 Å². The highest BCUT2D eigenvalue weighted by molar-refractivity contribution is 7.14. The smallest absolute Gasteiger partial charge is 0.275 e. The van der Waals surface area contributed by atoms with Gasteiger partial charge in [0.05, 0.1) is 17.6 Å². The predicted octanol–water partition coefficient (Wildman–Crippen LogP) is 2.76. The number of carbonyl (C=O) groups excluding carboxylic acids is 1. The van der Waals surface area contributed by atoms with Crippen molar-refractivity contribution in [2.75, 3.05) is 0 Å². The number of ether oxygens (including phenoxy) is 1. The largest absolute Gasteiger partial charge is 0.373 e. The molecule has 2 unspecified atom stereocenters. The Balaban J connectivity index is 1.95. The molecule has 0 bridgehead atoms. The minimum absolute atomic E-state index is 0.231. The Hall–Kier alpha value is -0.910. The van der Waals surface area contributed by atoms with Crippen LogP contribution in [-0.2, 0) is 11.3 Å². The molecule has 0 aliphatic heterocycles. The molecule has 2 rings (SSSR count). The van der Waals surface area contributed by atoms with Gasteiger partial charge in [0.2, 0.25) is 0 Å². The lowest BCUT2D eigenvalue weighted by molar-refractivity contribution is -0.0155. The van der Waals surface area contributed by atoms with Crippen molar-refractivity contribution in [3.63, 3.8) is 0 Å². The molecule has 1 aromatic heterocycles. The molecule has 0 aromatic carbocycles. The third-order valence-electron chi connectivity index (χ3n) is 3.86. The van der Waals surface area contributed by atoms with E-state index in [4.69, 9.17) is 10.6 Å². The Morgan fingerprint density at radius 2 is 2.26 bits per heavy atom. The van der Waals surface area contributed by atoms with E-state index < -0.39 is 0 Å². The molecule has 2 atom stereocenters.